The summed E-state index contributed by atoms with van der Waals surface area (Å²) in [6, 6.07) is 18.1. The Kier molecular flexibility index (Phi) is 3.70. The van der Waals surface area contributed by atoms with Crippen molar-refractivity contribution < 1.29 is 4.74 Å². The van der Waals surface area contributed by atoms with Gasteiger partial charge in [0.25, 0.3) is 0 Å². The predicted octanol–water partition coefficient (Wildman–Crippen LogP) is 5.23. The van der Waals surface area contributed by atoms with Crippen LogP contribution in [-0.4, -0.2) is 4.98 Å². The molecule has 0 N–H and O–H groups in total. The Labute approximate surface area is 126 Å². The number of halogens is 1. The summed E-state index contributed by atoms with van der Waals surface area (Å²) < 4.78 is 6.08. The number of benzene rings is 2. The number of hydrogen-bond donors (Lipinski definition) is 0. The third kappa shape index (κ3) is 2.54. The van der Waals surface area contributed by atoms with E-state index < -0.39 is 0 Å². The minimum atomic E-state index is 0.764. The van der Waals surface area contributed by atoms with Gasteiger partial charge in [0.15, 0.2) is 5.75 Å². The Morgan fingerprint density at radius 1 is 0.950 bits per heavy atom. The van der Waals surface area contributed by atoms with Crippen molar-refractivity contribution in [3.8, 4) is 11.5 Å². The van der Waals surface area contributed by atoms with Crippen molar-refractivity contribution in [3.05, 3.63) is 65.9 Å². The van der Waals surface area contributed by atoms with Gasteiger partial charge in [-0.25, -0.2) is 4.98 Å². The second kappa shape index (κ2) is 5.63. The number of ether oxygens (including phenoxy) is 1. The molecule has 0 unspecified atom stereocenters. The Balaban J connectivity index is 2.08. The predicted molar refractivity (Wildman–Crippen MR) is 85.6 cm³/mol. The van der Waals surface area contributed by atoms with Gasteiger partial charge in [0.05, 0.1) is 0 Å². The first-order valence-electron chi connectivity index (χ1n) is 6.46. The van der Waals surface area contributed by atoms with Crippen molar-refractivity contribution in [2.24, 2.45) is 0 Å². The van der Waals surface area contributed by atoms with Crippen LogP contribution in [0.4, 0.5) is 0 Å². The summed E-state index contributed by atoms with van der Waals surface area (Å²) in [4.78, 5) is 4.59. The average Bonchev–Trinajstić information content (AvgIpc) is 2.48. The van der Waals surface area contributed by atoms with E-state index in [1.165, 1.54) is 0 Å². The second-order valence-corrected chi connectivity index (χ2v) is 5.18. The molecule has 0 spiro atoms. The minimum Gasteiger partial charge on any atom is -0.455 e. The van der Waals surface area contributed by atoms with Gasteiger partial charge in [0.2, 0.25) is 0 Å². The van der Waals surface area contributed by atoms with Crippen molar-refractivity contribution in [2.75, 3.05) is 0 Å². The molecule has 3 rings (SSSR count). The summed E-state index contributed by atoms with van der Waals surface area (Å²) in [5, 5.41) is 1.85. The van der Waals surface area contributed by atoms with Crippen LogP contribution in [0.2, 0.25) is 0 Å². The van der Waals surface area contributed by atoms with Gasteiger partial charge in [-0.1, -0.05) is 52.3 Å². The number of fused-ring (bicyclic) bond motifs is 1. The van der Waals surface area contributed by atoms with Crippen LogP contribution in [-0.2, 0) is 5.33 Å². The molecular weight excluding hydrogens is 314 g/mol. The van der Waals surface area contributed by atoms with Crippen molar-refractivity contribution in [1.29, 1.82) is 0 Å². The van der Waals surface area contributed by atoms with Crippen molar-refractivity contribution >= 4 is 26.8 Å². The van der Waals surface area contributed by atoms with E-state index in [9.17, 15) is 0 Å². The van der Waals surface area contributed by atoms with Crippen molar-refractivity contribution in [2.45, 2.75) is 12.3 Å². The van der Waals surface area contributed by atoms with Gasteiger partial charge >= 0.3 is 0 Å². The Hall–Kier alpha value is -1.87. The Bertz CT molecular complexity index is 755. The summed E-state index contributed by atoms with van der Waals surface area (Å²) in [5.74, 6) is 1.65. The summed E-state index contributed by atoms with van der Waals surface area (Å²) in [7, 11) is 0. The molecule has 0 atom stereocenters. The zero-order chi connectivity index (χ0) is 13.9. The lowest BCUT2D eigenvalue weighted by molar-refractivity contribution is 0.483. The molecule has 1 aromatic heterocycles. The number of nitrogens with zero attached hydrogens (tertiary/aromatic N) is 1. The average molecular weight is 328 g/mol. The first kappa shape index (κ1) is 13.1. The van der Waals surface area contributed by atoms with Gasteiger partial charge in [-0.05, 0) is 25.1 Å². The van der Waals surface area contributed by atoms with E-state index in [4.69, 9.17) is 4.74 Å². The van der Waals surface area contributed by atoms with Crippen LogP contribution >= 0.6 is 15.9 Å². The number of para-hydroxylation sites is 2. The van der Waals surface area contributed by atoms with Crippen LogP contribution in [0.3, 0.4) is 0 Å². The second-order valence-electron chi connectivity index (χ2n) is 4.62. The molecule has 3 heteroatoms. The summed E-state index contributed by atoms with van der Waals surface area (Å²) in [6.07, 6.45) is 0. The monoisotopic (exact) mass is 327 g/mol. The lowest BCUT2D eigenvalue weighted by Crippen LogP contribution is -1.92. The van der Waals surface area contributed by atoms with Gasteiger partial charge in [-0.3, -0.25) is 0 Å². The lowest BCUT2D eigenvalue weighted by Gasteiger charge is -2.11. The largest absolute Gasteiger partial charge is 0.455 e. The summed E-state index contributed by atoms with van der Waals surface area (Å²) in [5.41, 5.74) is 3.01. The number of aryl methyl sites for hydroxylation is 1. The summed E-state index contributed by atoms with van der Waals surface area (Å²) in [6.45, 7) is 1.99. The van der Waals surface area contributed by atoms with Crippen LogP contribution in [0.5, 0.6) is 11.5 Å². The topological polar surface area (TPSA) is 22.1 Å². The van der Waals surface area contributed by atoms with Crippen LogP contribution in [0.15, 0.2) is 54.6 Å². The van der Waals surface area contributed by atoms with E-state index in [-0.39, 0.29) is 0 Å². The quantitative estimate of drug-likeness (QED) is 0.614. The van der Waals surface area contributed by atoms with E-state index in [0.29, 0.717) is 0 Å². The molecule has 3 aromatic rings. The number of hydrogen-bond acceptors (Lipinski definition) is 2. The van der Waals surface area contributed by atoms with E-state index in [1.54, 1.807) is 0 Å². The molecule has 0 radical (unpaired) electrons. The molecule has 0 amide bonds. The fraction of sp³-hybridized carbons (Fsp3) is 0.118. The highest BCUT2D eigenvalue weighted by molar-refractivity contribution is 9.08. The first-order chi connectivity index (χ1) is 9.78. The van der Waals surface area contributed by atoms with Gasteiger partial charge in [-0.2, -0.15) is 0 Å². The minimum absolute atomic E-state index is 0.764. The molecule has 0 aliphatic carbocycles. The van der Waals surface area contributed by atoms with Gasteiger partial charge in [0.1, 0.15) is 11.3 Å². The SMILES string of the molecule is Cc1ccc2cccc(Oc3ccccc3CBr)c2n1. The molecule has 20 heavy (non-hydrogen) atoms. The third-order valence-corrected chi connectivity index (χ3v) is 3.76. The number of alkyl halides is 1. The van der Waals surface area contributed by atoms with Gasteiger partial charge in [0, 0.05) is 22.0 Å². The van der Waals surface area contributed by atoms with E-state index in [1.807, 2.05) is 55.5 Å². The molecule has 2 nitrogen and oxygen atoms in total. The van der Waals surface area contributed by atoms with Crippen LogP contribution in [0, 0.1) is 6.92 Å². The normalized spacial score (nSPS) is 10.7. The number of pyridine rings is 1. The van der Waals surface area contributed by atoms with Crippen molar-refractivity contribution in [1.82, 2.24) is 4.98 Å². The van der Waals surface area contributed by atoms with E-state index >= 15 is 0 Å². The van der Waals surface area contributed by atoms with Gasteiger partial charge in [-0.15, -0.1) is 0 Å². The molecule has 0 aliphatic heterocycles. The van der Waals surface area contributed by atoms with Crippen LogP contribution in [0.1, 0.15) is 11.3 Å². The van der Waals surface area contributed by atoms with E-state index in [0.717, 1.165) is 39.0 Å². The first-order valence-corrected chi connectivity index (χ1v) is 7.58. The summed E-state index contributed by atoms with van der Waals surface area (Å²) >= 11 is 3.49. The molecule has 2 aromatic carbocycles. The highest BCUT2D eigenvalue weighted by Gasteiger charge is 2.07. The molecular formula is C17H14BrNO. The Morgan fingerprint density at radius 2 is 1.75 bits per heavy atom. The lowest BCUT2D eigenvalue weighted by atomic mass is 10.2. The zero-order valence-electron chi connectivity index (χ0n) is 11.1. The molecule has 0 saturated heterocycles. The fourth-order valence-electron chi connectivity index (χ4n) is 2.13. The van der Waals surface area contributed by atoms with E-state index in [2.05, 4.69) is 27.0 Å². The Morgan fingerprint density at radius 3 is 2.60 bits per heavy atom. The molecule has 0 aliphatic rings. The fourth-order valence-corrected chi connectivity index (χ4v) is 2.60. The van der Waals surface area contributed by atoms with Gasteiger partial charge < -0.3 is 4.74 Å². The zero-order valence-corrected chi connectivity index (χ0v) is 12.7. The highest BCUT2D eigenvalue weighted by Crippen LogP contribution is 2.31. The molecule has 0 fully saturated rings. The molecule has 1 heterocycles. The van der Waals surface area contributed by atoms with Crippen LogP contribution in [0.25, 0.3) is 10.9 Å². The number of rotatable bonds is 3. The standard InChI is InChI=1S/C17H14BrNO/c1-12-9-10-13-6-4-8-16(17(13)19-12)20-15-7-3-2-5-14(15)11-18/h2-10H,11H2,1H3. The molecule has 100 valence electrons. The van der Waals surface area contributed by atoms with Crippen LogP contribution < -0.4 is 4.74 Å². The maximum absolute atomic E-state index is 6.08. The third-order valence-electron chi connectivity index (χ3n) is 3.16. The highest BCUT2D eigenvalue weighted by atomic mass is 79.9. The van der Waals surface area contributed by atoms with Crippen molar-refractivity contribution in [3.63, 3.8) is 0 Å². The smallest absolute Gasteiger partial charge is 0.153 e. The maximum Gasteiger partial charge on any atom is 0.153 e. The molecule has 0 saturated carbocycles. The molecule has 0 bridgehead atoms. The number of aromatic nitrogens is 1. The maximum atomic E-state index is 6.08.